The Bertz CT molecular complexity index is 3030. The summed E-state index contributed by atoms with van der Waals surface area (Å²) in [6.07, 6.45) is 0. The van der Waals surface area contributed by atoms with E-state index in [4.69, 9.17) is 15.0 Å². The summed E-state index contributed by atoms with van der Waals surface area (Å²) in [6, 6.07) is 55.8. The molecular weight excluding hydrogens is 629 g/mol. The molecule has 0 radical (unpaired) electrons. The Kier molecular flexibility index (Phi) is 5.80. The molecule has 0 bridgehead atoms. The Morgan fingerprint density at radius 1 is 0.380 bits per heavy atom. The lowest BCUT2D eigenvalue weighted by Gasteiger charge is -2.10. The van der Waals surface area contributed by atoms with Gasteiger partial charge in [0.25, 0.3) is 0 Å². The summed E-state index contributed by atoms with van der Waals surface area (Å²) >= 11 is 1.90. The Labute approximate surface area is 290 Å². The van der Waals surface area contributed by atoms with Crippen molar-refractivity contribution in [3.8, 4) is 45.3 Å². The largest absolute Gasteiger partial charge is 0.308 e. The van der Waals surface area contributed by atoms with Gasteiger partial charge >= 0.3 is 0 Å². The number of aromatic nitrogens is 4. The molecule has 0 aliphatic rings. The Hall–Kier alpha value is -6.43. The van der Waals surface area contributed by atoms with Crippen LogP contribution in [0.25, 0.3) is 104 Å². The number of rotatable bonds is 4. The third kappa shape index (κ3) is 4.01. The summed E-state index contributed by atoms with van der Waals surface area (Å²) in [4.78, 5) is 14.9. The topological polar surface area (TPSA) is 43.1 Å². The third-order valence-electron chi connectivity index (χ3n) is 9.96. The van der Waals surface area contributed by atoms with Crippen LogP contribution in [0.5, 0.6) is 0 Å². The maximum Gasteiger partial charge on any atom is 0.164 e. The van der Waals surface area contributed by atoms with Crippen LogP contribution in [0.4, 0.5) is 0 Å². The van der Waals surface area contributed by atoms with Crippen LogP contribution in [0.15, 0.2) is 158 Å². The van der Waals surface area contributed by atoms with Gasteiger partial charge in [-0.15, -0.1) is 11.3 Å². The van der Waals surface area contributed by atoms with E-state index in [0.717, 1.165) is 22.3 Å². The van der Waals surface area contributed by atoms with Crippen LogP contribution in [0.1, 0.15) is 0 Å². The van der Waals surface area contributed by atoms with Crippen LogP contribution in [0.3, 0.4) is 0 Å². The van der Waals surface area contributed by atoms with Gasteiger partial charge in [0.05, 0.1) is 16.6 Å². The summed E-state index contributed by atoms with van der Waals surface area (Å²) in [6.45, 7) is 0. The van der Waals surface area contributed by atoms with Gasteiger partial charge < -0.3 is 4.40 Å². The maximum absolute atomic E-state index is 4.99. The van der Waals surface area contributed by atoms with Crippen molar-refractivity contribution >= 4 is 69.6 Å². The number of nitrogens with zero attached hydrogens (tertiary/aromatic N) is 4. The Morgan fingerprint density at radius 3 is 1.66 bits per heavy atom. The first-order chi connectivity index (χ1) is 24.8. The highest BCUT2D eigenvalue weighted by Crippen LogP contribution is 2.48. The van der Waals surface area contributed by atoms with Gasteiger partial charge in [-0.1, -0.05) is 121 Å². The van der Waals surface area contributed by atoms with Crippen LogP contribution in [-0.4, -0.2) is 19.4 Å². The second-order valence-electron chi connectivity index (χ2n) is 12.8. The maximum atomic E-state index is 4.99. The minimum absolute atomic E-state index is 0.655. The van der Waals surface area contributed by atoms with Gasteiger partial charge in [-0.3, -0.25) is 0 Å². The minimum Gasteiger partial charge on any atom is -0.308 e. The van der Waals surface area contributed by atoms with Gasteiger partial charge in [0, 0.05) is 58.4 Å². The molecule has 11 aromatic rings. The van der Waals surface area contributed by atoms with E-state index in [9.17, 15) is 0 Å². The Balaban J connectivity index is 1.10. The molecule has 0 saturated carbocycles. The van der Waals surface area contributed by atoms with Gasteiger partial charge in [0.15, 0.2) is 17.5 Å². The molecular formula is C45H26N4S. The number of benzene rings is 7. The lowest BCUT2D eigenvalue weighted by Crippen LogP contribution is -2.00. The predicted molar refractivity (Wildman–Crippen MR) is 209 cm³/mol. The molecule has 5 heteroatoms. The molecule has 0 N–H and O–H groups in total. The highest BCUT2D eigenvalue weighted by atomic mass is 32.1. The van der Waals surface area contributed by atoms with Crippen molar-refractivity contribution in [1.29, 1.82) is 0 Å². The first-order valence-corrected chi connectivity index (χ1v) is 17.6. The molecule has 11 rings (SSSR count). The molecule has 50 heavy (non-hydrogen) atoms. The van der Waals surface area contributed by atoms with Crippen LogP contribution < -0.4 is 0 Å². The molecule has 0 amide bonds. The van der Waals surface area contributed by atoms with E-state index in [1.54, 1.807) is 0 Å². The Morgan fingerprint density at radius 2 is 0.940 bits per heavy atom. The zero-order valence-corrected chi connectivity index (χ0v) is 27.5. The molecule has 0 saturated heterocycles. The number of fused-ring (bicyclic) bond motifs is 10. The summed E-state index contributed by atoms with van der Waals surface area (Å²) in [7, 11) is 0. The summed E-state index contributed by atoms with van der Waals surface area (Å²) < 4.78 is 5.10. The van der Waals surface area contributed by atoms with Crippen molar-refractivity contribution in [1.82, 2.24) is 19.4 Å². The standard InChI is InChI=1S/C45H26N4S/c1-3-12-27(13-4-1)43-46-44(28-14-5-2-6-15-28)48-45(47-43)31-17-11-16-29(24-31)30-22-23-39-34(25-30)36-26-35-32-18-7-9-20-37(32)49-38-21-10-8-19-33(38)40(41(35)49)42(36)50-39/h1-26H. The van der Waals surface area contributed by atoms with Gasteiger partial charge in [-0.25, -0.2) is 15.0 Å². The second kappa shape index (κ2) is 10.5. The molecule has 232 valence electrons. The average Bonchev–Trinajstić information content (AvgIpc) is 3.85. The summed E-state index contributed by atoms with van der Waals surface area (Å²) in [5.41, 5.74) is 9.01. The number of para-hydroxylation sites is 2. The summed E-state index contributed by atoms with van der Waals surface area (Å²) in [5, 5.41) is 7.86. The second-order valence-corrected chi connectivity index (χ2v) is 13.9. The molecule has 0 spiro atoms. The highest BCUT2D eigenvalue weighted by Gasteiger charge is 2.22. The number of hydrogen-bond donors (Lipinski definition) is 0. The predicted octanol–water partition coefficient (Wildman–Crippen LogP) is 12.1. The first kappa shape index (κ1) is 27.5. The number of thiophene rings is 1. The van der Waals surface area contributed by atoms with Gasteiger partial charge in [-0.05, 0) is 47.5 Å². The molecule has 0 aliphatic heterocycles. The molecule has 4 heterocycles. The highest BCUT2D eigenvalue weighted by molar-refractivity contribution is 7.26. The quantitative estimate of drug-likeness (QED) is 0.190. The molecule has 7 aromatic carbocycles. The molecule has 4 aromatic heterocycles. The van der Waals surface area contributed by atoms with Crippen LogP contribution in [0.2, 0.25) is 0 Å². The molecule has 0 unspecified atom stereocenters. The van der Waals surface area contributed by atoms with E-state index in [0.29, 0.717) is 17.5 Å². The van der Waals surface area contributed by atoms with E-state index >= 15 is 0 Å². The lowest BCUT2D eigenvalue weighted by molar-refractivity contribution is 1.07. The number of hydrogen-bond acceptors (Lipinski definition) is 4. The van der Waals surface area contributed by atoms with Crippen LogP contribution >= 0.6 is 11.3 Å². The van der Waals surface area contributed by atoms with Crippen molar-refractivity contribution in [3.63, 3.8) is 0 Å². The van der Waals surface area contributed by atoms with Gasteiger partial charge in [0.2, 0.25) is 0 Å². The minimum atomic E-state index is 0.655. The van der Waals surface area contributed by atoms with Crippen LogP contribution in [-0.2, 0) is 0 Å². The monoisotopic (exact) mass is 654 g/mol. The van der Waals surface area contributed by atoms with Crippen molar-refractivity contribution in [2.75, 3.05) is 0 Å². The van der Waals surface area contributed by atoms with Crippen LogP contribution in [0, 0.1) is 0 Å². The fourth-order valence-corrected chi connectivity index (χ4v) is 8.91. The fraction of sp³-hybridized carbons (Fsp3) is 0. The van der Waals surface area contributed by atoms with Crippen molar-refractivity contribution in [2.24, 2.45) is 0 Å². The van der Waals surface area contributed by atoms with E-state index in [1.807, 2.05) is 72.0 Å². The SMILES string of the molecule is c1ccc(-c2nc(-c3ccccc3)nc(-c3cccc(-c4ccc5sc6c(cc7c8ccccc8n8c9ccccc9c6c78)c5c4)c3)n2)cc1. The zero-order valence-electron chi connectivity index (χ0n) is 26.7. The van der Waals surface area contributed by atoms with E-state index in [2.05, 4.69) is 101 Å². The fourth-order valence-electron chi connectivity index (χ4n) is 7.69. The van der Waals surface area contributed by atoms with Crippen molar-refractivity contribution in [2.45, 2.75) is 0 Å². The average molecular weight is 655 g/mol. The third-order valence-corrected chi connectivity index (χ3v) is 11.2. The van der Waals surface area contributed by atoms with Crippen molar-refractivity contribution in [3.05, 3.63) is 158 Å². The summed E-state index contributed by atoms with van der Waals surface area (Å²) in [5.74, 6) is 1.98. The van der Waals surface area contributed by atoms with E-state index in [-0.39, 0.29) is 0 Å². The van der Waals surface area contributed by atoms with Crippen molar-refractivity contribution < 1.29 is 0 Å². The molecule has 4 nitrogen and oxygen atoms in total. The van der Waals surface area contributed by atoms with E-state index in [1.165, 1.54) is 63.8 Å². The zero-order chi connectivity index (χ0) is 32.8. The molecule has 0 fully saturated rings. The normalized spacial score (nSPS) is 12.0. The van der Waals surface area contributed by atoms with Gasteiger partial charge in [0.1, 0.15) is 0 Å². The van der Waals surface area contributed by atoms with Gasteiger partial charge in [-0.2, -0.15) is 0 Å². The molecule has 0 aliphatic carbocycles. The smallest absolute Gasteiger partial charge is 0.164 e. The molecule has 0 atom stereocenters. The van der Waals surface area contributed by atoms with E-state index < -0.39 is 0 Å². The lowest BCUT2D eigenvalue weighted by atomic mass is 9.99. The first-order valence-electron chi connectivity index (χ1n) is 16.8.